The Bertz CT molecular complexity index is 677. The van der Waals surface area contributed by atoms with E-state index in [-0.39, 0.29) is 24.0 Å². The lowest BCUT2D eigenvalue weighted by molar-refractivity contribution is -0.117. The maximum Gasteiger partial charge on any atom is 0.231 e. The average molecular weight is 293 g/mol. The van der Waals surface area contributed by atoms with Gasteiger partial charge in [0.05, 0.1) is 5.92 Å². The van der Waals surface area contributed by atoms with Crippen molar-refractivity contribution in [3.63, 3.8) is 0 Å². The Kier molecular flexibility index (Phi) is 5.26. The molecule has 2 rings (SSSR count). The lowest BCUT2D eigenvalue weighted by Crippen LogP contribution is -2.20. The summed E-state index contributed by atoms with van der Waals surface area (Å²) in [6.07, 6.45) is 1.58. The van der Waals surface area contributed by atoms with Crippen molar-refractivity contribution < 1.29 is 9.59 Å². The van der Waals surface area contributed by atoms with Gasteiger partial charge in [-0.15, -0.1) is 0 Å². The number of amides is 1. The molecule has 0 saturated heterocycles. The molecule has 0 heterocycles. The number of anilines is 1. The summed E-state index contributed by atoms with van der Waals surface area (Å²) in [5, 5.41) is 2.89. The maximum absolute atomic E-state index is 12.4. The Morgan fingerprint density at radius 3 is 2.41 bits per heavy atom. The highest BCUT2D eigenvalue weighted by atomic mass is 16.2. The van der Waals surface area contributed by atoms with Crippen molar-refractivity contribution in [3.05, 3.63) is 78.4 Å². The second-order valence-electron chi connectivity index (χ2n) is 5.12. The maximum atomic E-state index is 12.4. The fourth-order valence-corrected chi connectivity index (χ4v) is 2.29. The largest absolute Gasteiger partial charge is 0.326 e. The second-order valence-corrected chi connectivity index (χ2v) is 5.12. The predicted molar refractivity (Wildman–Crippen MR) is 88.8 cm³/mol. The van der Waals surface area contributed by atoms with Crippen LogP contribution in [0.25, 0.3) is 0 Å². The van der Waals surface area contributed by atoms with E-state index in [9.17, 15) is 9.59 Å². The molecule has 0 fully saturated rings. The molecule has 1 unspecified atom stereocenters. The molecule has 0 aliphatic heterocycles. The molecule has 2 aromatic rings. The number of carbonyl (C=O) groups is 2. The lowest BCUT2D eigenvalue weighted by atomic mass is 9.92. The number of nitrogens with one attached hydrogen (secondary N) is 1. The number of hydrogen-bond donors (Lipinski definition) is 1. The summed E-state index contributed by atoms with van der Waals surface area (Å²) in [5.41, 5.74) is 2.49. The number of allylic oxidation sites excluding steroid dienone is 1. The highest BCUT2D eigenvalue weighted by Gasteiger charge is 2.18. The van der Waals surface area contributed by atoms with E-state index in [1.54, 1.807) is 0 Å². The van der Waals surface area contributed by atoms with Gasteiger partial charge < -0.3 is 5.32 Å². The molecule has 0 aliphatic rings. The highest BCUT2D eigenvalue weighted by molar-refractivity contribution is 5.96. The Labute approximate surface area is 130 Å². The first-order valence-corrected chi connectivity index (χ1v) is 7.21. The minimum absolute atomic E-state index is 0.0527. The molecule has 0 aromatic heterocycles. The molecular formula is C19H19NO2. The summed E-state index contributed by atoms with van der Waals surface area (Å²) in [5.74, 6) is -0.484. The number of benzene rings is 2. The van der Waals surface area contributed by atoms with Gasteiger partial charge in [0, 0.05) is 12.1 Å². The van der Waals surface area contributed by atoms with Crippen LogP contribution in [0.5, 0.6) is 0 Å². The molecule has 3 nitrogen and oxygen atoms in total. The van der Waals surface area contributed by atoms with Gasteiger partial charge in [0.25, 0.3) is 0 Å². The third kappa shape index (κ3) is 3.92. The summed E-state index contributed by atoms with van der Waals surface area (Å²) in [4.78, 5) is 24.0. The van der Waals surface area contributed by atoms with Crippen LogP contribution < -0.4 is 5.32 Å². The van der Waals surface area contributed by atoms with Crippen molar-refractivity contribution in [3.8, 4) is 0 Å². The Balaban J connectivity index is 2.18. The number of rotatable bonds is 6. The highest BCUT2D eigenvalue weighted by Crippen LogP contribution is 2.22. The summed E-state index contributed by atoms with van der Waals surface area (Å²) in [6.45, 7) is 5.34. The van der Waals surface area contributed by atoms with Crippen LogP contribution in [-0.4, -0.2) is 11.7 Å². The third-order valence-electron chi connectivity index (χ3n) is 3.55. The van der Waals surface area contributed by atoms with Crippen molar-refractivity contribution in [1.82, 2.24) is 0 Å². The normalized spacial score (nSPS) is 11.5. The molecule has 0 bridgehead atoms. The van der Waals surface area contributed by atoms with Crippen molar-refractivity contribution in [2.75, 3.05) is 5.32 Å². The van der Waals surface area contributed by atoms with Crippen LogP contribution >= 0.6 is 0 Å². The van der Waals surface area contributed by atoms with Crippen LogP contribution in [0, 0.1) is 0 Å². The lowest BCUT2D eigenvalue weighted by Gasteiger charge is -2.16. The standard InChI is InChI=1S/C19H19NO2/c1-3-17(21)13-15-9-7-8-12-18(15)14(2)19(22)20-16-10-5-4-6-11-16/h3-12,14H,1,13H2,2H3,(H,20,22). The summed E-state index contributed by atoms with van der Waals surface area (Å²) in [7, 11) is 0. The summed E-state index contributed by atoms with van der Waals surface area (Å²) >= 11 is 0. The van der Waals surface area contributed by atoms with Crippen LogP contribution in [0.1, 0.15) is 24.0 Å². The summed E-state index contributed by atoms with van der Waals surface area (Å²) in [6, 6.07) is 16.9. The number of para-hydroxylation sites is 1. The van der Waals surface area contributed by atoms with E-state index in [1.165, 1.54) is 6.08 Å². The number of carbonyl (C=O) groups excluding carboxylic acids is 2. The van der Waals surface area contributed by atoms with E-state index in [2.05, 4.69) is 11.9 Å². The average Bonchev–Trinajstić information content (AvgIpc) is 2.55. The first-order valence-electron chi connectivity index (χ1n) is 7.21. The van der Waals surface area contributed by atoms with E-state index < -0.39 is 0 Å². The monoisotopic (exact) mass is 293 g/mol. The first-order chi connectivity index (χ1) is 10.6. The SMILES string of the molecule is C=CC(=O)Cc1ccccc1C(C)C(=O)Nc1ccccc1. The topological polar surface area (TPSA) is 46.2 Å². The van der Waals surface area contributed by atoms with Crippen molar-refractivity contribution >= 4 is 17.4 Å². The third-order valence-corrected chi connectivity index (χ3v) is 3.55. The molecule has 1 N–H and O–H groups in total. The van der Waals surface area contributed by atoms with E-state index in [0.717, 1.165) is 16.8 Å². The number of ketones is 1. The van der Waals surface area contributed by atoms with E-state index in [0.29, 0.717) is 0 Å². The fourth-order valence-electron chi connectivity index (χ4n) is 2.29. The van der Waals surface area contributed by atoms with Gasteiger partial charge in [-0.3, -0.25) is 9.59 Å². The first kappa shape index (κ1) is 15.7. The molecule has 3 heteroatoms. The smallest absolute Gasteiger partial charge is 0.231 e. The van der Waals surface area contributed by atoms with Crippen LogP contribution in [-0.2, 0) is 16.0 Å². The number of hydrogen-bond acceptors (Lipinski definition) is 2. The fraction of sp³-hybridized carbons (Fsp3) is 0.158. The molecule has 0 spiro atoms. The van der Waals surface area contributed by atoms with E-state index in [4.69, 9.17) is 0 Å². The zero-order valence-corrected chi connectivity index (χ0v) is 12.6. The van der Waals surface area contributed by atoms with Crippen LogP contribution in [0.15, 0.2) is 67.3 Å². The van der Waals surface area contributed by atoms with E-state index in [1.807, 2.05) is 61.5 Å². The molecule has 1 atom stereocenters. The quantitative estimate of drug-likeness (QED) is 0.825. The van der Waals surface area contributed by atoms with Gasteiger partial charge in [-0.25, -0.2) is 0 Å². The van der Waals surface area contributed by atoms with Crippen LogP contribution in [0.2, 0.25) is 0 Å². The molecule has 0 aliphatic carbocycles. The zero-order chi connectivity index (χ0) is 15.9. The van der Waals surface area contributed by atoms with Crippen LogP contribution in [0.4, 0.5) is 5.69 Å². The molecule has 112 valence electrons. The Morgan fingerprint density at radius 2 is 1.73 bits per heavy atom. The van der Waals surface area contributed by atoms with E-state index >= 15 is 0 Å². The van der Waals surface area contributed by atoms with Gasteiger partial charge in [0.15, 0.2) is 5.78 Å². The van der Waals surface area contributed by atoms with Gasteiger partial charge in [0.1, 0.15) is 0 Å². The predicted octanol–water partition coefficient (Wildman–Crippen LogP) is 3.73. The van der Waals surface area contributed by atoms with Crippen molar-refractivity contribution in [2.24, 2.45) is 0 Å². The molecular weight excluding hydrogens is 274 g/mol. The van der Waals surface area contributed by atoms with Gasteiger partial charge in [-0.1, -0.05) is 49.0 Å². The van der Waals surface area contributed by atoms with Gasteiger partial charge >= 0.3 is 0 Å². The molecule has 1 amide bonds. The molecule has 0 radical (unpaired) electrons. The van der Waals surface area contributed by atoms with Gasteiger partial charge in [-0.05, 0) is 36.3 Å². The zero-order valence-electron chi connectivity index (χ0n) is 12.6. The van der Waals surface area contributed by atoms with Crippen LogP contribution in [0.3, 0.4) is 0 Å². The second kappa shape index (κ2) is 7.36. The van der Waals surface area contributed by atoms with Crippen molar-refractivity contribution in [1.29, 1.82) is 0 Å². The van der Waals surface area contributed by atoms with Gasteiger partial charge in [0.2, 0.25) is 5.91 Å². The minimum atomic E-state index is -0.339. The molecule has 0 saturated carbocycles. The Morgan fingerprint density at radius 1 is 1.09 bits per heavy atom. The molecule has 2 aromatic carbocycles. The minimum Gasteiger partial charge on any atom is -0.326 e. The molecule has 22 heavy (non-hydrogen) atoms. The van der Waals surface area contributed by atoms with Gasteiger partial charge in [-0.2, -0.15) is 0 Å². The Hall–Kier alpha value is -2.68. The summed E-state index contributed by atoms with van der Waals surface area (Å²) < 4.78 is 0. The van der Waals surface area contributed by atoms with Crippen molar-refractivity contribution in [2.45, 2.75) is 19.3 Å².